The fraction of sp³-hybridized carbons (Fsp3) is 0.250. The van der Waals surface area contributed by atoms with E-state index in [1.54, 1.807) is 23.0 Å². The van der Waals surface area contributed by atoms with Crippen LogP contribution in [0.4, 0.5) is 4.39 Å². The molecule has 5 rings (SSSR count). The molecule has 32 heavy (non-hydrogen) atoms. The van der Waals surface area contributed by atoms with Gasteiger partial charge in [-0.05, 0) is 48.4 Å². The zero-order valence-corrected chi connectivity index (χ0v) is 17.6. The van der Waals surface area contributed by atoms with Gasteiger partial charge in [-0.2, -0.15) is 5.10 Å². The molecule has 0 aliphatic carbocycles. The molecule has 0 saturated heterocycles. The van der Waals surface area contributed by atoms with Crippen LogP contribution in [0.3, 0.4) is 0 Å². The third-order valence-corrected chi connectivity index (χ3v) is 5.18. The molecule has 3 aliphatic rings. The third kappa shape index (κ3) is 4.30. The van der Waals surface area contributed by atoms with Gasteiger partial charge in [-0.15, -0.1) is 0 Å². The maximum Gasteiger partial charge on any atom is 0.160 e. The Labute approximate surface area is 184 Å². The molecule has 0 fully saturated rings. The molecule has 0 aromatic heterocycles. The highest BCUT2D eigenvalue weighted by atomic mass is 19.1. The maximum absolute atomic E-state index is 13.5. The van der Waals surface area contributed by atoms with E-state index in [1.807, 2.05) is 30.5 Å². The number of benzene rings is 2. The Kier molecular flexibility index (Phi) is 5.49. The van der Waals surface area contributed by atoms with Gasteiger partial charge in [-0.1, -0.05) is 24.2 Å². The van der Waals surface area contributed by atoms with E-state index in [1.165, 1.54) is 12.1 Å². The summed E-state index contributed by atoms with van der Waals surface area (Å²) in [5.74, 6) is 1.02. The van der Waals surface area contributed by atoms with Crippen molar-refractivity contribution < 1.29 is 14.0 Å². The Morgan fingerprint density at radius 1 is 1.09 bits per heavy atom. The minimum Gasteiger partial charge on any atom is -0.494 e. The molecular weight excluding hydrogens is 409 g/mol. The van der Waals surface area contributed by atoms with Crippen LogP contribution in [-0.4, -0.2) is 38.2 Å². The van der Waals surface area contributed by atoms with E-state index in [9.17, 15) is 4.39 Å². The second-order valence-electron chi connectivity index (χ2n) is 7.67. The molecule has 2 aromatic rings. The highest BCUT2D eigenvalue weighted by Gasteiger charge is 2.23. The minimum absolute atomic E-state index is 0.124. The predicted molar refractivity (Wildman–Crippen MR) is 118 cm³/mol. The first-order chi connectivity index (χ1) is 15.7. The quantitative estimate of drug-likeness (QED) is 0.429. The highest BCUT2D eigenvalue weighted by Crippen LogP contribution is 2.25. The molecule has 3 aliphatic heterocycles. The number of rotatable bonds is 7. The van der Waals surface area contributed by atoms with Crippen molar-refractivity contribution in [1.29, 1.82) is 0 Å². The van der Waals surface area contributed by atoms with Gasteiger partial charge in [0.15, 0.2) is 11.9 Å². The molecule has 3 heterocycles. The summed E-state index contributed by atoms with van der Waals surface area (Å²) in [7, 11) is 0. The maximum atomic E-state index is 13.5. The Bertz CT molecular complexity index is 1220. The standard InChI is InChI=1S/C24H22FN5O2/c1-2-10-31-19-8-6-16(7-9-19)21-12-20(32-29-21)14-30-15-23-22(13-26-30)27-24(28-23)17-4-3-5-18(25)11-17/h3-9,11,13,15,20H,2,10,12,14H2,1H3. The fourth-order valence-corrected chi connectivity index (χ4v) is 3.59. The smallest absolute Gasteiger partial charge is 0.160 e. The first-order valence-electron chi connectivity index (χ1n) is 10.6. The molecule has 0 spiro atoms. The molecule has 0 N–H and O–H groups in total. The van der Waals surface area contributed by atoms with Crippen molar-refractivity contribution in [3.8, 4) is 28.5 Å². The van der Waals surface area contributed by atoms with Crippen molar-refractivity contribution in [2.45, 2.75) is 32.4 Å². The zero-order valence-electron chi connectivity index (χ0n) is 17.6. The number of fused-ring (bicyclic) bond motifs is 1. The molecule has 2 aromatic carbocycles. The van der Waals surface area contributed by atoms with Crippen molar-refractivity contribution in [1.82, 2.24) is 19.7 Å². The van der Waals surface area contributed by atoms with E-state index in [4.69, 9.17) is 9.57 Å². The monoisotopic (exact) mass is 431 g/mol. The Morgan fingerprint density at radius 2 is 1.94 bits per heavy atom. The average molecular weight is 431 g/mol. The molecule has 0 amide bonds. The number of halogens is 1. The Morgan fingerprint density at radius 3 is 2.75 bits per heavy atom. The van der Waals surface area contributed by atoms with Gasteiger partial charge in [0.25, 0.3) is 0 Å². The molecule has 162 valence electrons. The minimum atomic E-state index is -0.318. The summed E-state index contributed by atoms with van der Waals surface area (Å²) < 4.78 is 20.9. The number of hydrogen-bond donors (Lipinski definition) is 0. The summed E-state index contributed by atoms with van der Waals surface area (Å²) in [5, 5.41) is 8.69. The van der Waals surface area contributed by atoms with Gasteiger partial charge in [-0.25, -0.2) is 14.4 Å². The average Bonchev–Trinajstić information content (AvgIpc) is 3.45. The predicted octanol–water partition coefficient (Wildman–Crippen LogP) is 4.57. The molecule has 1 unspecified atom stereocenters. The van der Waals surface area contributed by atoms with Crippen LogP contribution in [0.1, 0.15) is 25.3 Å². The van der Waals surface area contributed by atoms with E-state index in [0.29, 0.717) is 42.3 Å². The molecule has 8 heteroatoms. The van der Waals surface area contributed by atoms with Crippen molar-refractivity contribution >= 4 is 5.71 Å². The fourth-order valence-electron chi connectivity index (χ4n) is 3.59. The largest absolute Gasteiger partial charge is 0.494 e. The van der Waals surface area contributed by atoms with Crippen molar-refractivity contribution in [3.63, 3.8) is 0 Å². The van der Waals surface area contributed by atoms with E-state index < -0.39 is 0 Å². The molecule has 1 atom stereocenters. The SMILES string of the molecule is CCCOc1ccc(C2=NOC(Cn3cc4nc(-c5cccc(F)c5)nc-4cn3)C2)cc1. The second kappa shape index (κ2) is 8.74. The van der Waals surface area contributed by atoms with E-state index in [-0.39, 0.29) is 11.9 Å². The number of ether oxygens (including phenoxy) is 1. The van der Waals surface area contributed by atoms with Crippen LogP contribution in [0, 0.1) is 5.82 Å². The van der Waals surface area contributed by atoms with E-state index in [0.717, 1.165) is 23.4 Å². The van der Waals surface area contributed by atoms with Crippen LogP contribution < -0.4 is 4.74 Å². The Balaban J connectivity index is 1.25. The van der Waals surface area contributed by atoms with Gasteiger partial charge in [-0.3, -0.25) is 4.68 Å². The molecule has 7 nitrogen and oxygen atoms in total. The normalized spacial score (nSPS) is 15.6. The van der Waals surface area contributed by atoms with Crippen molar-refractivity contribution in [2.24, 2.45) is 5.16 Å². The lowest BCUT2D eigenvalue weighted by Gasteiger charge is -2.11. The van der Waals surface area contributed by atoms with Crippen LogP contribution >= 0.6 is 0 Å². The lowest BCUT2D eigenvalue weighted by Crippen LogP contribution is -2.19. The van der Waals surface area contributed by atoms with Crippen molar-refractivity contribution in [3.05, 3.63) is 72.3 Å². The summed E-state index contributed by atoms with van der Waals surface area (Å²) >= 11 is 0. The summed E-state index contributed by atoms with van der Waals surface area (Å²) in [6.07, 6.45) is 5.03. The van der Waals surface area contributed by atoms with Crippen LogP contribution in [-0.2, 0) is 11.4 Å². The summed E-state index contributed by atoms with van der Waals surface area (Å²) in [4.78, 5) is 14.6. The van der Waals surface area contributed by atoms with Crippen LogP contribution in [0.15, 0.2) is 66.1 Å². The number of oxime groups is 1. The topological polar surface area (TPSA) is 74.4 Å². The van der Waals surface area contributed by atoms with Gasteiger partial charge < -0.3 is 9.57 Å². The van der Waals surface area contributed by atoms with Crippen LogP contribution in [0.2, 0.25) is 0 Å². The first kappa shape index (κ1) is 20.1. The lowest BCUT2D eigenvalue weighted by atomic mass is 10.0. The second-order valence-corrected chi connectivity index (χ2v) is 7.67. The van der Waals surface area contributed by atoms with Crippen LogP contribution in [0.5, 0.6) is 5.75 Å². The molecular formula is C24H22FN5O2. The number of aromatic nitrogens is 4. The van der Waals surface area contributed by atoms with Crippen molar-refractivity contribution in [2.75, 3.05) is 6.61 Å². The first-order valence-corrected chi connectivity index (χ1v) is 10.6. The third-order valence-electron chi connectivity index (χ3n) is 5.18. The molecule has 0 saturated carbocycles. The lowest BCUT2D eigenvalue weighted by molar-refractivity contribution is 0.0694. The number of hydrogen-bond acceptors (Lipinski definition) is 6. The van der Waals surface area contributed by atoms with E-state index >= 15 is 0 Å². The molecule has 0 radical (unpaired) electrons. The van der Waals surface area contributed by atoms with Gasteiger partial charge in [0.1, 0.15) is 23.0 Å². The summed E-state index contributed by atoms with van der Waals surface area (Å²) in [6.45, 7) is 3.32. The highest BCUT2D eigenvalue weighted by molar-refractivity contribution is 6.01. The summed E-state index contributed by atoms with van der Waals surface area (Å²) in [6, 6.07) is 14.2. The van der Waals surface area contributed by atoms with E-state index in [2.05, 4.69) is 27.1 Å². The number of nitrogens with zero attached hydrogens (tertiary/aromatic N) is 5. The zero-order chi connectivity index (χ0) is 21.9. The summed E-state index contributed by atoms with van der Waals surface area (Å²) in [5.41, 5.74) is 3.92. The van der Waals surface area contributed by atoms with Gasteiger partial charge in [0.2, 0.25) is 0 Å². The number of imidazole rings is 1. The molecule has 0 bridgehead atoms. The van der Waals surface area contributed by atoms with Gasteiger partial charge >= 0.3 is 0 Å². The van der Waals surface area contributed by atoms with Crippen LogP contribution in [0.25, 0.3) is 22.8 Å². The Hall–Kier alpha value is -3.81. The van der Waals surface area contributed by atoms with Gasteiger partial charge in [0.05, 0.1) is 31.3 Å². The van der Waals surface area contributed by atoms with Gasteiger partial charge in [0, 0.05) is 12.0 Å².